The highest BCUT2D eigenvalue weighted by atomic mass is 32.1. The Hall–Kier alpha value is -1.88. The zero-order valence-corrected chi connectivity index (χ0v) is 15.8. The quantitative estimate of drug-likeness (QED) is 0.756. The van der Waals surface area contributed by atoms with Crippen molar-refractivity contribution in [3.8, 4) is 5.75 Å². The van der Waals surface area contributed by atoms with Crippen molar-refractivity contribution in [2.75, 3.05) is 6.54 Å². The molecule has 5 heteroatoms. The molecule has 0 saturated heterocycles. The molecule has 4 nitrogen and oxygen atoms in total. The van der Waals surface area contributed by atoms with E-state index in [1.807, 2.05) is 49.4 Å². The maximum atomic E-state index is 12.4. The number of fused-ring (bicyclic) bond motifs is 1. The van der Waals surface area contributed by atoms with E-state index in [9.17, 15) is 4.79 Å². The van der Waals surface area contributed by atoms with Crippen LogP contribution in [-0.4, -0.2) is 23.5 Å². The van der Waals surface area contributed by atoms with Gasteiger partial charge in [0.2, 0.25) is 0 Å². The van der Waals surface area contributed by atoms with Crippen molar-refractivity contribution in [3.63, 3.8) is 0 Å². The van der Waals surface area contributed by atoms with E-state index in [0.717, 1.165) is 19.3 Å². The average Bonchev–Trinajstić information content (AvgIpc) is 3.01. The first-order chi connectivity index (χ1) is 12.1. The molecule has 1 aliphatic rings. The van der Waals surface area contributed by atoms with E-state index >= 15 is 0 Å². The number of aryl methyl sites for hydroxylation is 3. The van der Waals surface area contributed by atoms with Gasteiger partial charge in [-0.15, -0.1) is 11.3 Å². The van der Waals surface area contributed by atoms with Gasteiger partial charge in [-0.2, -0.15) is 0 Å². The van der Waals surface area contributed by atoms with Crippen LogP contribution in [0.2, 0.25) is 0 Å². The molecule has 1 aromatic carbocycles. The highest BCUT2D eigenvalue weighted by Gasteiger charge is 2.15. The first kappa shape index (κ1) is 17.9. The van der Waals surface area contributed by atoms with Crippen LogP contribution in [0.15, 0.2) is 24.3 Å². The summed E-state index contributed by atoms with van der Waals surface area (Å²) < 4.78 is 5.72. The summed E-state index contributed by atoms with van der Waals surface area (Å²) in [5, 5.41) is 4.22. The van der Waals surface area contributed by atoms with Gasteiger partial charge in [-0.25, -0.2) is 4.98 Å². The van der Waals surface area contributed by atoms with Crippen LogP contribution in [0.3, 0.4) is 0 Å². The van der Waals surface area contributed by atoms with Crippen LogP contribution in [-0.2, 0) is 19.3 Å². The summed E-state index contributed by atoms with van der Waals surface area (Å²) >= 11 is 1.86. The summed E-state index contributed by atoms with van der Waals surface area (Å²) in [4.78, 5) is 18.6. The lowest BCUT2D eigenvalue weighted by Gasteiger charge is -2.13. The van der Waals surface area contributed by atoms with E-state index in [-0.39, 0.29) is 12.0 Å². The number of carbonyl (C=O) groups excluding carboxylic acids is 1. The normalized spacial score (nSPS) is 13.6. The molecule has 1 aliphatic carbocycles. The zero-order chi connectivity index (χ0) is 17.6. The number of rotatable bonds is 7. The number of ether oxygens (including phenoxy) is 1. The summed E-state index contributed by atoms with van der Waals surface area (Å²) in [6.45, 7) is 4.57. The summed E-state index contributed by atoms with van der Waals surface area (Å²) in [6.07, 6.45) is 6.77. The van der Waals surface area contributed by atoms with Gasteiger partial charge < -0.3 is 10.1 Å². The van der Waals surface area contributed by atoms with Gasteiger partial charge >= 0.3 is 0 Å². The molecule has 0 unspecified atom stereocenters. The van der Waals surface area contributed by atoms with Crippen LogP contribution in [0.25, 0.3) is 0 Å². The lowest BCUT2D eigenvalue weighted by Crippen LogP contribution is -2.25. The molecule has 1 amide bonds. The standard InChI is InChI=1S/C20H26N2O2S/c1-14(2)24-17-10-5-3-8-15(17)20(23)21-13-7-12-19-22-16-9-4-6-11-18(16)25-19/h3,5,8,10,14H,4,6-7,9,11-13H2,1-2H3,(H,21,23). The van der Waals surface area contributed by atoms with Crippen LogP contribution >= 0.6 is 11.3 Å². The van der Waals surface area contributed by atoms with Crippen molar-refractivity contribution in [1.29, 1.82) is 0 Å². The smallest absolute Gasteiger partial charge is 0.255 e. The highest BCUT2D eigenvalue weighted by Crippen LogP contribution is 2.27. The Balaban J connectivity index is 1.49. The number of aromatic nitrogens is 1. The van der Waals surface area contributed by atoms with Crippen molar-refractivity contribution >= 4 is 17.2 Å². The number of hydrogen-bond donors (Lipinski definition) is 1. The van der Waals surface area contributed by atoms with E-state index in [4.69, 9.17) is 9.72 Å². The third-order valence-corrected chi connectivity index (χ3v) is 5.45. The number of benzene rings is 1. The molecule has 0 atom stereocenters. The van der Waals surface area contributed by atoms with Gasteiger partial charge in [-0.05, 0) is 58.1 Å². The SMILES string of the molecule is CC(C)Oc1ccccc1C(=O)NCCCc1nc2c(s1)CCCC2. The topological polar surface area (TPSA) is 51.2 Å². The number of hydrogen-bond acceptors (Lipinski definition) is 4. The third-order valence-electron chi connectivity index (χ3n) is 4.24. The first-order valence-corrected chi connectivity index (χ1v) is 9.96. The minimum absolute atomic E-state index is 0.0462. The maximum absolute atomic E-state index is 12.4. The molecular formula is C20H26N2O2S. The predicted octanol–water partition coefficient (Wildman–Crippen LogP) is 4.17. The van der Waals surface area contributed by atoms with Crippen LogP contribution in [0.1, 0.15) is 59.0 Å². The number of amides is 1. The Bertz CT molecular complexity index is 701. The molecule has 2 aromatic rings. The van der Waals surface area contributed by atoms with E-state index in [1.54, 1.807) is 0 Å². The van der Waals surface area contributed by atoms with Gasteiger partial charge in [0, 0.05) is 17.8 Å². The lowest BCUT2D eigenvalue weighted by molar-refractivity contribution is 0.0947. The number of carbonyl (C=O) groups is 1. The fraction of sp³-hybridized carbons (Fsp3) is 0.500. The van der Waals surface area contributed by atoms with Crippen molar-refractivity contribution in [3.05, 3.63) is 45.4 Å². The highest BCUT2D eigenvalue weighted by molar-refractivity contribution is 7.11. The minimum Gasteiger partial charge on any atom is -0.490 e. The molecule has 0 aliphatic heterocycles. The summed E-state index contributed by atoms with van der Waals surface area (Å²) in [5.41, 5.74) is 1.91. The Kier molecular flexibility index (Phi) is 6.08. The molecule has 0 bridgehead atoms. The van der Waals surface area contributed by atoms with E-state index in [1.165, 1.54) is 34.8 Å². The fourth-order valence-electron chi connectivity index (χ4n) is 3.06. The van der Waals surface area contributed by atoms with Crippen molar-refractivity contribution in [2.24, 2.45) is 0 Å². The predicted molar refractivity (Wildman–Crippen MR) is 102 cm³/mol. The van der Waals surface area contributed by atoms with E-state index in [2.05, 4.69) is 5.32 Å². The van der Waals surface area contributed by atoms with Crippen molar-refractivity contribution in [1.82, 2.24) is 10.3 Å². The molecular weight excluding hydrogens is 332 g/mol. The van der Waals surface area contributed by atoms with Crippen LogP contribution in [0, 0.1) is 0 Å². The number of nitrogens with zero attached hydrogens (tertiary/aromatic N) is 1. The number of nitrogens with one attached hydrogen (secondary N) is 1. The van der Waals surface area contributed by atoms with Gasteiger partial charge in [0.15, 0.2) is 0 Å². The maximum Gasteiger partial charge on any atom is 0.255 e. The minimum atomic E-state index is -0.0744. The summed E-state index contributed by atoms with van der Waals surface area (Å²) in [5.74, 6) is 0.567. The molecule has 1 heterocycles. The largest absolute Gasteiger partial charge is 0.490 e. The Morgan fingerprint density at radius 3 is 2.88 bits per heavy atom. The molecule has 25 heavy (non-hydrogen) atoms. The monoisotopic (exact) mass is 358 g/mol. The molecule has 0 saturated carbocycles. The van der Waals surface area contributed by atoms with Crippen molar-refractivity contribution in [2.45, 2.75) is 58.5 Å². The molecule has 0 spiro atoms. The Morgan fingerprint density at radius 2 is 2.08 bits per heavy atom. The van der Waals surface area contributed by atoms with E-state index in [0.29, 0.717) is 17.9 Å². The molecule has 3 rings (SSSR count). The first-order valence-electron chi connectivity index (χ1n) is 9.15. The third kappa shape index (κ3) is 4.82. The summed E-state index contributed by atoms with van der Waals surface area (Å²) in [6, 6.07) is 7.40. The Labute approximate surface area is 153 Å². The van der Waals surface area contributed by atoms with Crippen LogP contribution in [0.4, 0.5) is 0 Å². The number of thiazole rings is 1. The molecule has 1 aromatic heterocycles. The van der Waals surface area contributed by atoms with Crippen LogP contribution in [0.5, 0.6) is 5.75 Å². The Morgan fingerprint density at radius 1 is 1.28 bits per heavy atom. The summed E-state index contributed by atoms with van der Waals surface area (Å²) in [7, 11) is 0. The number of para-hydroxylation sites is 1. The molecule has 0 radical (unpaired) electrons. The van der Waals surface area contributed by atoms with Gasteiger partial charge in [-0.3, -0.25) is 4.79 Å². The second-order valence-electron chi connectivity index (χ2n) is 6.71. The lowest BCUT2D eigenvalue weighted by atomic mass is 10.0. The fourth-order valence-corrected chi connectivity index (χ4v) is 4.26. The van der Waals surface area contributed by atoms with Gasteiger partial charge in [0.05, 0.1) is 22.4 Å². The van der Waals surface area contributed by atoms with Gasteiger partial charge in [-0.1, -0.05) is 12.1 Å². The van der Waals surface area contributed by atoms with Crippen molar-refractivity contribution < 1.29 is 9.53 Å². The molecule has 1 N–H and O–H groups in total. The zero-order valence-electron chi connectivity index (χ0n) is 15.0. The average molecular weight is 359 g/mol. The van der Waals surface area contributed by atoms with E-state index < -0.39 is 0 Å². The molecule has 134 valence electrons. The molecule has 0 fully saturated rings. The second-order valence-corrected chi connectivity index (χ2v) is 7.87. The van der Waals surface area contributed by atoms with Gasteiger partial charge in [0.25, 0.3) is 5.91 Å². The van der Waals surface area contributed by atoms with Crippen LogP contribution < -0.4 is 10.1 Å². The second kappa shape index (κ2) is 8.48. The van der Waals surface area contributed by atoms with Gasteiger partial charge in [0.1, 0.15) is 5.75 Å².